The Morgan fingerprint density at radius 1 is 1.56 bits per heavy atom. The minimum atomic E-state index is -0.281. The second kappa shape index (κ2) is 5.25. The fourth-order valence-corrected chi connectivity index (χ4v) is 2.95. The summed E-state index contributed by atoms with van der Waals surface area (Å²) in [5, 5.41) is 3.16. The quantitative estimate of drug-likeness (QED) is 0.731. The number of nitrogen functional groups attached to an aromatic ring is 1. The minimum Gasteiger partial charge on any atom is -0.391 e. The number of rotatable bonds is 3. The highest BCUT2D eigenvalue weighted by Crippen LogP contribution is 2.23. The van der Waals surface area contributed by atoms with E-state index >= 15 is 0 Å². The van der Waals surface area contributed by atoms with E-state index in [2.05, 4.69) is 15.3 Å². The van der Waals surface area contributed by atoms with Gasteiger partial charge in [0.2, 0.25) is 0 Å². The lowest BCUT2D eigenvalue weighted by Gasteiger charge is -2.21. The van der Waals surface area contributed by atoms with Crippen LogP contribution >= 0.6 is 11.8 Å². The summed E-state index contributed by atoms with van der Waals surface area (Å²) < 4.78 is 0. The molecular weight excluding hydrogens is 224 g/mol. The molecule has 0 spiro atoms. The molecule has 1 aromatic heterocycles. The molecule has 16 heavy (non-hydrogen) atoms. The fraction of sp³-hybridized carbons (Fsp3) is 0.600. The first-order chi connectivity index (χ1) is 7.77. The van der Waals surface area contributed by atoms with Crippen molar-refractivity contribution in [3.05, 3.63) is 16.7 Å². The number of nitrogens with zero attached hydrogens (tertiary/aromatic N) is 1. The molecule has 1 fully saturated rings. The molecule has 0 unspecified atom stereocenters. The number of hydrogen-bond donors (Lipinski definition) is 3. The molecule has 1 aliphatic rings. The predicted octanol–water partition coefficient (Wildman–Crippen LogP) is 0.907. The van der Waals surface area contributed by atoms with Crippen LogP contribution in [0.2, 0.25) is 0 Å². The second-order valence-electron chi connectivity index (χ2n) is 3.93. The van der Waals surface area contributed by atoms with Crippen LogP contribution < -0.4 is 16.6 Å². The first-order valence-electron chi connectivity index (χ1n) is 5.42. The maximum absolute atomic E-state index is 11.2. The molecule has 1 aromatic rings. The summed E-state index contributed by atoms with van der Waals surface area (Å²) in [4.78, 5) is 17.7. The number of aromatic amines is 1. The van der Waals surface area contributed by atoms with Gasteiger partial charge < -0.3 is 16.0 Å². The Balaban J connectivity index is 1.93. The van der Waals surface area contributed by atoms with Gasteiger partial charge in [0.05, 0.1) is 6.33 Å². The van der Waals surface area contributed by atoms with Gasteiger partial charge in [0.25, 0.3) is 5.56 Å². The lowest BCUT2D eigenvalue weighted by Crippen LogP contribution is -2.22. The summed E-state index contributed by atoms with van der Waals surface area (Å²) in [6, 6.07) is 0. The Kier molecular flexibility index (Phi) is 3.71. The molecule has 88 valence electrons. The van der Waals surface area contributed by atoms with Crippen LogP contribution in [0.25, 0.3) is 0 Å². The van der Waals surface area contributed by atoms with Gasteiger partial charge in [-0.2, -0.15) is 11.8 Å². The highest BCUT2D eigenvalue weighted by molar-refractivity contribution is 7.99. The second-order valence-corrected chi connectivity index (χ2v) is 5.16. The van der Waals surface area contributed by atoms with Crippen LogP contribution in [0.1, 0.15) is 12.8 Å². The zero-order valence-corrected chi connectivity index (χ0v) is 9.85. The van der Waals surface area contributed by atoms with Crippen LogP contribution in [-0.4, -0.2) is 28.0 Å². The van der Waals surface area contributed by atoms with Crippen molar-refractivity contribution in [2.75, 3.05) is 29.1 Å². The van der Waals surface area contributed by atoms with Crippen molar-refractivity contribution in [2.45, 2.75) is 12.8 Å². The lowest BCUT2D eigenvalue weighted by atomic mass is 10.0. The Bertz CT molecular complexity index is 400. The van der Waals surface area contributed by atoms with E-state index in [9.17, 15) is 4.79 Å². The van der Waals surface area contributed by atoms with Crippen molar-refractivity contribution < 1.29 is 0 Å². The van der Waals surface area contributed by atoms with Gasteiger partial charge in [-0.25, -0.2) is 4.98 Å². The van der Waals surface area contributed by atoms with E-state index in [0.29, 0.717) is 11.7 Å². The van der Waals surface area contributed by atoms with Gasteiger partial charge in [0.1, 0.15) is 5.69 Å². The molecular formula is C10H16N4OS. The monoisotopic (exact) mass is 240 g/mol. The maximum Gasteiger partial charge on any atom is 0.276 e. The maximum atomic E-state index is 11.2. The number of H-pyrrole nitrogens is 1. The van der Waals surface area contributed by atoms with Crippen molar-refractivity contribution >= 4 is 23.3 Å². The Labute approximate surface area is 98.2 Å². The fourth-order valence-electron chi connectivity index (χ4n) is 1.74. The number of nitrogens with two attached hydrogens (primary N) is 1. The molecule has 0 radical (unpaired) electrons. The number of hydrogen-bond acceptors (Lipinski definition) is 5. The zero-order valence-electron chi connectivity index (χ0n) is 9.03. The van der Waals surface area contributed by atoms with Crippen LogP contribution in [-0.2, 0) is 0 Å². The molecule has 1 saturated heterocycles. The summed E-state index contributed by atoms with van der Waals surface area (Å²) in [7, 11) is 0. The standard InChI is InChI=1S/C10H16N4OS/c11-8-9(13-6-14-10(8)15)12-5-7-1-3-16-4-2-7/h6-7H,1-5,11H2,(H2,12,13,14,15). The summed E-state index contributed by atoms with van der Waals surface area (Å²) in [6.07, 6.45) is 3.82. The molecule has 0 atom stereocenters. The van der Waals surface area contributed by atoms with E-state index in [1.807, 2.05) is 11.8 Å². The molecule has 0 bridgehead atoms. The molecule has 2 heterocycles. The molecule has 1 aliphatic heterocycles. The third-order valence-corrected chi connectivity index (χ3v) is 3.84. The van der Waals surface area contributed by atoms with E-state index in [1.165, 1.54) is 30.7 Å². The summed E-state index contributed by atoms with van der Waals surface area (Å²) in [6.45, 7) is 0.848. The smallest absolute Gasteiger partial charge is 0.276 e. The Morgan fingerprint density at radius 3 is 3.06 bits per heavy atom. The number of aromatic nitrogens is 2. The van der Waals surface area contributed by atoms with Crippen molar-refractivity contribution in [2.24, 2.45) is 5.92 Å². The normalized spacial score (nSPS) is 17.2. The molecule has 5 nitrogen and oxygen atoms in total. The molecule has 0 amide bonds. The van der Waals surface area contributed by atoms with E-state index in [0.717, 1.165) is 6.54 Å². The SMILES string of the molecule is Nc1c(NCC2CCSCC2)nc[nH]c1=O. The largest absolute Gasteiger partial charge is 0.391 e. The third-order valence-electron chi connectivity index (χ3n) is 2.79. The highest BCUT2D eigenvalue weighted by atomic mass is 32.2. The Hall–Kier alpha value is -1.17. The minimum absolute atomic E-state index is 0.174. The van der Waals surface area contributed by atoms with Gasteiger partial charge in [-0.05, 0) is 30.3 Å². The van der Waals surface area contributed by atoms with E-state index in [-0.39, 0.29) is 11.2 Å². The molecule has 0 aromatic carbocycles. The van der Waals surface area contributed by atoms with Crippen molar-refractivity contribution in [1.29, 1.82) is 0 Å². The van der Waals surface area contributed by atoms with E-state index in [1.54, 1.807) is 0 Å². The molecule has 0 saturated carbocycles. The summed E-state index contributed by atoms with van der Waals surface area (Å²) >= 11 is 2.00. The first-order valence-corrected chi connectivity index (χ1v) is 6.57. The predicted molar refractivity (Wildman–Crippen MR) is 67.8 cm³/mol. The van der Waals surface area contributed by atoms with Crippen molar-refractivity contribution in [3.8, 4) is 0 Å². The van der Waals surface area contributed by atoms with Crippen LogP contribution in [0.5, 0.6) is 0 Å². The van der Waals surface area contributed by atoms with Crippen LogP contribution in [0.3, 0.4) is 0 Å². The number of nitrogens with one attached hydrogen (secondary N) is 2. The molecule has 6 heteroatoms. The molecule has 0 aliphatic carbocycles. The third kappa shape index (κ3) is 2.69. The van der Waals surface area contributed by atoms with Crippen molar-refractivity contribution in [1.82, 2.24) is 9.97 Å². The highest BCUT2D eigenvalue weighted by Gasteiger charge is 2.14. The molecule has 4 N–H and O–H groups in total. The van der Waals surface area contributed by atoms with Gasteiger partial charge in [-0.15, -0.1) is 0 Å². The van der Waals surface area contributed by atoms with E-state index < -0.39 is 0 Å². The lowest BCUT2D eigenvalue weighted by molar-refractivity contribution is 0.515. The van der Waals surface area contributed by atoms with Crippen LogP contribution in [0.15, 0.2) is 11.1 Å². The van der Waals surface area contributed by atoms with Crippen LogP contribution in [0.4, 0.5) is 11.5 Å². The van der Waals surface area contributed by atoms with Crippen LogP contribution in [0, 0.1) is 5.92 Å². The van der Waals surface area contributed by atoms with Gasteiger partial charge in [0.15, 0.2) is 5.82 Å². The zero-order chi connectivity index (χ0) is 11.4. The van der Waals surface area contributed by atoms with Gasteiger partial charge in [0, 0.05) is 6.54 Å². The molecule has 2 rings (SSSR count). The summed E-state index contributed by atoms with van der Waals surface area (Å²) in [5.74, 6) is 3.62. The van der Waals surface area contributed by atoms with Crippen molar-refractivity contribution in [3.63, 3.8) is 0 Å². The first kappa shape index (κ1) is 11.3. The average Bonchev–Trinajstić information content (AvgIpc) is 2.32. The number of anilines is 2. The van der Waals surface area contributed by atoms with Gasteiger partial charge in [-0.1, -0.05) is 0 Å². The number of thioether (sulfide) groups is 1. The average molecular weight is 240 g/mol. The Morgan fingerprint density at radius 2 is 2.31 bits per heavy atom. The topological polar surface area (TPSA) is 83.8 Å². The summed E-state index contributed by atoms with van der Waals surface area (Å²) in [5.41, 5.74) is 5.52. The van der Waals surface area contributed by atoms with Gasteiger partial charge in [-0.3, -0.25) is 4.79 Å². The van der Waals surface area contributed by atoms with Gasteiger partial charge >= 0.3 is 0 Å². The van der Waals surface area contributed by atoms with E-state index in [4.69, 9.17) is 5.73 Å².